The van der Waals surface area contributed by atoms with E-state index < -0.39 is 25.0 Å². The van der Waals surface area contributed by atoms with Crippen molar-refractivity contribution < 1.29 is 28.0 Å². The van der Waals surface area contributed by atoms with Gasteiger partial charge in [0.25, 0.3) is 0 Å². The first-order chi connectivity index (χ1) is 7.83. The second kappa shape index (κ2) is 6.15. The number of hydrogen-bond donors (Lipinski definition) is 1. The minimum Gasteiger partial charge on any atom is -0.481 e. The molecule has 0 aliphatic rings. The molecule has 6 nitrogen and oxygen atoms in total. The first-order valence-corrected chi connectivity index (χ1v) is 7.17. The lowest BCUT2D eigenvalue weighted by Crippen LogP contribution is -2.25. The van der Waals surface area contributed by atoms with Crippen molar-refractivity contribution in [2.45, 2.75) is 59.2 Å². The van der Waals surface area contributed by atoms with Gasteiger partial charge in [-0.05, 0) is 41.5 Å². The third-order valence-corrected chi connectivity index (χ3v) is 3.38. The van der Waals surface area contributed by atoms with E-state index in [0.717, 1.165) is 0 Å². The van der Waals surface area contributed by atoms with Crippen molar-refractivity contribution in [1.29, 1.82) is 0 Å². The van der Waals surface area contributed by atoms with Crippen molar-refractivity contribution in [1.82, 2.24) is 0 Å². The van der Waals surface area contributed by atoms with Crippen LogP contribution in [-0.4, -0.2) is 28.9 Å². The highest BCUT2D eigenvalue weighted by atomic mass is 31.2. The third-order valence-electron chi connectivity index (χ3n) is 1.34. The molecule has 0 amide bonds. The van der Waals surface area contributed by atoms with Crippen molar-refractivity contribution in [2.75, 3.05) is 6.61 Å². The first kappa shape index (κ1) is 17.6. The summed E-state index contributed by atoms with van der Waals surface area (Å²) in [6.07, 6.45) is -0.259. The van der Waals surface area contributed by atoms with Gasteiger partial charge in [0.1, 0.15) is 0 Å². The Balaban J connectivity index is 4.71. The molecule has 0 radical (unpaired) electrons. The number of aliphatic carboxylic acids is 1. The van der Waals surface area contributed by atoms with Gasteiger partial charge in [-0.2, -0.15) is 0 Å². The molecule has 0 atom stereocenters. The van der Waals surface area contributed by atoms with Gasteiger partial charge in [0.05, 0.1) is 24.2 Å². The lowest BCUT2D eigenvalue weighted by Gasteiger charge is -2.30. The van der Waals surface area contributed by atoms with Crippen LogP contribution in [0.15, 0.2) is 0 Å². The molecule has 0 bridgehead atoms. The fourth-order valence-corrected chi connectivity index (χ4v) is 2.79. The van der Waals surface area contributed by atoms with Gasteiger partial charge in [-0.3, -0.25) is 18.4 Å². The van der Waals surface area contributed by atoms with Crippen LogP contribution in [0.3, 0.4) is 0 Å². The molecule has 18 heavy (non-hydrogen) atoms. The summed E-state index contributed by atoms with van der Waals surface area (Å²) < 4.78 is 28.0. The maximum atomic E-state index is 12.4. The number of carboxylic acid groups (broad SMARTS) is 1. The van der Waals surface area contributed by atoms with E-state index in [-0.39, 0.29) is 13.0 Å². The number of carboxylic acids is 1. The Labute approximate surface area is 108 Å². The zero-order valence-electron chi connectivity index (χ0n) is 11.8. The lowest BCUT2D eigenvalue weighted by atomic mass is 10.2. The van der Waals surface area contributed by atoms with Crippen LogP contribution >= 0.6 is 7.82 Å². The van der Waals surface area contributed by atoms with Gasteiger partial charge in [0.2, 0.25) is 0 Å². The minimum atomic E-state index is -3.78. The van der Waals surface area contributed by atoms with Gasteiger partial charge in [-0.15, -0.1) is 0 Å². The summed E-state index contributed by atoms with van der Waals surface area (Å²) >= 11 is 0. The van der Waals surface area contributed by atoms with Crippen LogP contribution in [-0.2, 0) is 22.9 Å². The van der Waals surface area contributed by atoms with Crippen LogP contribution in [0.5, 0.6) is 0 Å². The predicted octanol–water partition coefficient (Wildman–Crippen LogP) is 3.22. The SMILES string of the molecule is CC(C)(C)OP(=O)(OCCC(=O)O)OC(C)(C)C. The molecular formula is C11H23O6P. The van der Waals surface area contributed by atoms with Crippen molar-refractivity contribution in [3.05, 3.63) is 0 Å². The highest BCUT2D eigenvalue weighted by Gasteiger charge is 2.37. The van der Waals surface area contributed by atoms with Crippen LogP contribution in [0, 0.1) is 0 Å². The van der Waals surface area contributed by atoms with E-state index in [1.54, 1.807) is 41.5 Å². The lowest BCUT2D eigenvalue weighted by molar-refractivity contribution is -0.137. The molecule has 0 aliphatic heterocycles. The molecule has 7 heteroatoms. The van der Waals surface area contributed by atoms with Crippen molar-refractivity contribution in [3.8, 4) is 0 Å². The maximum absolute atomic E-state index is 12.4. The number of hydrogen-bond acceptors (Lipinski definition) is 5. The topological polar surface area (TPSA) is 82.1 Å². The normalized spacial score (nSPS) is 13.7. The number of carbonyl (C=O) groups is 1. The summed E-state index contributed by atoms with van der Waals surface area (Å²) in [4.78, 5) is 10.4. The van der Waals surface area contributed by atoms with E-state index in [2.05, 4.69) is 0 Å². The van der Waals surface area contributed by atoms with Gasteiger partial charge >= 0.3 is 13.8 Å². The summed E-state index contributed by atoms with van der Waals surface area (Å²) in [5, 5.41) is 8.52. The van der Waals surface area contributed by atoms with Crippen molar-refractivity contribution in [3.63, 3.8) is 0 Å². The fourth-order valence-electron chi connectivity index (χ4n) is 0.987. The van der Waals surface area contributed by atoms with E-state index >= 15 is 0 Å². The van der Waals surface area contributed by atoms with Crippen LogP contribution in [0.2, 0.25) is 0 Å². The van der Waals surface area contributed by atoms with Gasteiger partial charge < -0.3 is 5.11 Å². The zero-order valence-corrected chi connectivity index (χ0v) is 12.7. The minimum absolute atomic E-state index is 0.223. The summed E-state index contributed by atoms with van der Waals surface area (Å²) in [7, 11) is -3.78. The molecule has 0 saturated carbocycles. The molecule has 0 unspecified atom stereocenters. The van der Waals surface area contributed by atoms with E-state index in [4.69, 9.17) is 18.7 Å². The monoisotopic (exact) mass is 282 g/mol. The maximum Gasteiger partial charge on any atom is 0.475 e. The van der Waals surface area contributed by atoms with E-state index in [0.29, 0.717) is 0 Å². The van der Waals surface area contributed by atoms with Crippen LogP contribution < -0.4 is 0 Å². The molecule has 0 rings (SSSR count). The Morgan fingerprint density at radius 3 is 1.72 bits per heavy atom. The molecule has 0 fully saturated rings. The standard InChI is InChI=1S/C11H23O6P/c1-10(2,3)16-18(14,17-11(4,5)6)15-8-7-9(12)13/h7-8H2,1-6H3,(H,12,13). The van der Waals surface area contributed by atoms with Crippen LogP contribution in [0.25, 0.3) is 0 Å². The average Bonchev–Trinajstić information content (AvgIpc) is 1.93. The van der Waals surface area contributed by atoms with E-state index in [1.807, 2.05) is 0 Å². The van der Waals surface area contributed by atoms with Gasteiger partial charge in [0.15, 0.2) is 0 Å². The summed E-state index contributed by atoms with van der Waals surface area (Å²) in [6, 6.07) is 0. The molecule has 0 spiro atoms. The van der Waals surface area contributed by atoms with Gasteiger partial charge in [0, 0.05) is 0 Å². The zero-order chi connectivity index (χ0) is 14.6. The second-order valence-corrected chi connectivity index (χ2v) is 7.35. The molecule has 0 saturated heterocycles. The van der Waals surface area contributed by atoms with E-state index in [9.17, 15) is 9.36 Å². The van der Waals surface area contributed by atoms with Gasteiger partial charge in [-0.25, -0.2) is 4.57 Å². The van der Waals surface area contributed by atoms with Crippen molar-refractivity contribution >= 4 is 13.8 Å². The first-order valence-electron chi connectivity index (χ1n) is 5.71. The Morgan fingerprint density at radius 2 is 1.44 bits per heavy atom. The number of phosphoric acid groups is 1. The highest BCUT2D eigenvalue weighted by Crippen LogP contribution is 2.55. The highest BCUT2D eigenvalue weighted by molar-refractivity contribution is 7.48. The molecule has 0 aromatic rings. The second-order valence-electron chi connectivity index (χ2n) is 5.83. The molecular weight excluding hydrogens is 259 g/mol. The third kappa shape index (κ3) is 9.59. The molecule has 1 N–H and O–H groups in total. The quantitative estimate of drug-likeness (QED) is 0.753. The number of rotatable bonds is 6. The molecule has 0 aromatic heterocycles. The Hall–Kier alpha value is -0.420. The number of phosphoric ester groups is 1. The van der Waals surface area contributed by atoms with Crippen LogP contribution in [0.1, 0.15) is 48.0 Å². The molecule has 108 valence electrons. The average molecular weight is 282 g/mol. The Morgan fingerprint density at radius 1 is 1.06 bits per heavy atom. The summed E-state index contributed by atoms with van der Waals surface area (Å²) in [5.74, 6) is -1.03. The molecule has 0 aromatic carbocycles. The molecule has 0 aliphatic carbocycles. The predicted molar refractivity (Wildman–Crippen MR) is 67.5 cm³/mol. The summed E-state index contributed by atoms with van der Waals surface area (Å²) in [5.41, 5.74) is -1.44. The summed E-state index contributed by atoms with van der Waals surface area (Å²) in [6.45, 7) is 10.1. The largest absolute Gasteiger partial charge is 0.481 e. The van der Waals surface area contributed by atoms with E-state index in [1.165, 1.54) is 0 Å². The van der Waals surface area contributed by atoms with Crippen LogP contribution in [0.4, 0.5) is 0 Å². The smallest absolute Gasteiger partial charge is 0.475 e. The Bertz CT molecular complexity index is 305. The fraction of sp³-hybridized carbons (Fsp3) is 0.909. The Kier molecular flexibility index (Phi) is 6.01. The van der Waals surface area contributed by atoms with Crippen molar-refractivity contribution in [2.24, 2.45) is 0 Å². The van der Waals surface area contributed by atoms with Gasteiger partial charge in [-0.1, -0.05) is 0 Å². The molecule has 0 heterocycles.